The zero-order valence-electron chi connectivity index (χ0n) is 11.3. The molecule has 2 unspecified atom stereocenters. The van der Waals surface area contributed by atoms with Gasteiger partial charge in [0.1, 0.15) is 5.82 Å². The Morgan fingerprint density at radius 2 is 2.25 bits per heavy atom. The molecule has 0 aliphatic carbocycles. The molecule has 1 aromatic carbocycles. The van der Waals surface area contributed by atoms with Crippen LogP contribution in [-0.2, 0) is 15.3 Å². The van der Waals surface area contributed by atoms with E-state index in [1.807, 2.05) is 6.92 Å². The van der Waals surface area contributed by atoms with Crippen molar-refractivity contribution in [1.29, 1.82) is 0 Å². The lowest BCUT2D eigenvalue weighted by atomic mass is 9.86. The van der Waals surface area contributed by atoms with Crippen molar-refractivity contribution in [3.05, 3.63) is 29.6 Å². The minimum Gasteiger partial charge on any atom is -0.351 e. The van der Waals surface area contributed by atoms with Gasteiger partial charge in [-0.05, 0) is 25.5 Å². The van der Waals surface area contributed by atoms with Crippen molar-refractivity contribution in [1.82, 2.24) is 5.32 Å². The summed E-state index contributed by atoms with van der Waals surface area (Å²) < 4.78 is 28.2. The number of amides is 2. The smallest absolute Gasteiger partial charge is 0.263 e. The van der Waals surface area contributed by atoms with E-state index in [1.54, 1.807) is 6.92 Å². The van der Waals surface area contributed by atoms with Crippen molar-refractivity contribution in [3.8, 4) is 0 Å². The number of alkyl halides is 1. The molecule has 0 aromatic heterocycles. The van der Waals surface area contributed by atoms with Gasteiger partial charge >= 0.3 is 0 Å². The predicted molar refractivity (Wildman–Crippen MR) is 70.3 cm³/mol. The van der Waals surface area contributed by atoms with E-state index >= 15 is 4.39 Å². The molecule has 20 heavy (non-hydrogen) atoms. The van der Waals surface area contributed by atoms with Crippen molar-refractivity contribution < 1.29 is 18.4 Å². The molecule has 2 amide bonds. The minimum atomic E-state index is -2.46. The molecule has 0 saturated carbocycles. The average Bonchev–Trinajstić information content (AvgIpc) is 2.37. The molecule has 2 rings (SSSR count). The molecule has 1 heterocycles. The zero-order valence-corrected chi connectivity index (χ0v) is 11.3. The van der Waals surface area contributed by atoms with Crippen LogP contribution in [-0.4, -0.2) is 17.9 Å². The number of anilines is 1. The number of hydrogen-bond acceptors (Lipinski definition) is 2. The lowest BCUT2D eigenvalue weighted by Gasteiger charge is -2.31. The third-order valence-electron chi connectivity index (χ3n) is 3.44. The van der Waals surface area contributed by atoms with Gasteiger partial charge in [-0.15, -0.1) is 0 Å². The molecule has 0 spiro atoms. The Hall–Kier alpha value is -1.98. The lowest BCUT2D eigenvalue weighted by molar-refractivity contribution is -0.138. The highest BCUT2D eigenvalue weighted by Gasteiger charge is 2.47. The summed E-state index contributed by atoms with van der Waals surface area (Å²) in [7, 11) is 0. The summed E-state index contributed by atoms with van der Waals surface area (Å²) in [6.45, 7) is 3.60. The third kappa shape index (κ3) is 2.50. The number of carbonyl (C=O) groups is 2. The Balaban J connectivity index is 2.41. The van der Waals surface area contributed by atoms with Crippen LogP contribution in [0.1, 0.15) is 32.3 Å². The van der Waals surface area contributed by atoms with Crippen LogP contribution < -0.4 is 10.6 Å². The molecule has 0 saturated heterocycles. The predicted octanol–water partition coefficient (Wildman–Crippen LogP) is 2.25. The van der Waals surface area contributed by atoms with Gasteiger partial charge in [-0.25, -0.2) is 8.78 Å². The van der Waals surface area contributed by atoms with Gasteiger partial charge in [0.05, 0.1) is 12.1 Å². The second-order valence-corrected chi connectivity index (χ2v) is 5.00. The highest BCUT2D eigenvalue weighted by atomic mass is 19.1. The molecule has 0 bridgehead atoms. The van der Waals surface area contributed by atoms with Crippen LogP contribution in [0.3, 0.4) is 0 Å². The minimum absolute atomic E-state index is 0.00283. The van der Waals surface area contributed by atoms with E-state index in [0.29, 0.717) is 6.42 Å². The second-order valence-electron chi connectivity index (χ2n) is 5.00. The molecule has 1 aliphatic heterocycles. The quantitative estimate of drug-likeness (QED) is 0.893. The lowest BCUT2D eigenvalue weighted by Crippen LogP contribution is -2.48. The van der Waals surface area contributed by atoms with Crippen LogP contribution in [0.4, 0.5) is 14.5 Å². The number of hydrogen-bond donors (Lipinski definition) is 2. The highest BCUT2D eigenvalue weighted by molar-refractivity contribution is 6.02. The van der Waals surface area contributed by atoms with E-state index in [9.17, 15) is 14.0 Å². The van der Waals surface area contributed by atoms with E-state index in [0.717, 1.165) is 12.1 Å². The van der Waals surface area contributed by atoms with Gasteiger partial charge in [-0.2, -0.15) is 0 Å². The van der Waals surface area contributed by atoms with Crippen LogP contribution in [0.5, 0.6) is 0 Å². The molecule has 6 heteroatoms. The van der Waals surface area contributed by atoms with Gasteiger partial charge in [0, 0.05) is 11.6 Å². The number of fused-ring (bicyclic) bond motifs is 1. The maximum absolute atomic E-state index is 15.0. The summed E-state index contributed by atoms with van der Waals surface area (Å²) in [6.07, 6.45) is 0.0399. The Morgan fingerprint density at radius 1 is 1.55 bits per heavy atom. The third-order valence-corrected chi connectivity index (χ3v) is 3.44. The summed E-state index contributed by atoms with van der Waals surface area (Å²) in [4.78, 5) is 23.7. The van der Waals surface area contributed by atoms with Crippen molar-refractivity contribution in [2.45, 2.75) is 38.4 Å². The number of nitrogens with one attached hydrogen (secondary N) is 2. The summed E-state index contributed by atoms with van der Waals surface area (Å²) >= 11 is 0. The van der Waals surface area contributed by atoms with Crippen molar-refractivity contribution in [2.75, 3.05) is 5.32 Å². The normalized spacial score (nSPS) is 22.7. The van der Waals surface area contributed by atoms with E-state index in [1.165, 1.54) is 6.07 Å². The Bertz CT molecular complexity index is 562. The fourth-order valence-electron chi connectivity index (χ4n) is 2.12. The molecule has 1 aromatic rings. The molecular formula is C14H16F2N2O2. The first-order valence-electron chi connectivity index (χ1n) is 6.46. The maximum Gasteiger partial charge on any atom is 0.263 e. The molecule has 1 aliphatic rings. The number of halogens is 2. The first kappa shape index (κ1) is 14.4. The number of rotatable bonds is 3. The van der Waals surface area contributed by atoms with Crippen molar-refractivity contribution in [2.24, 2.45) is 0 Å². The molecule has 0 radical (unpaired) electrons. The number of benzene rings is 1. The molecule has 2 atom stereocenters. The van der Waals surface area contributed by atoms with E-state index in [4.69, 9.17) is 0 Å². The fourth-order valence-corrected chi connectivity index (χ4v) is 2.12. The summed E-state index contributed by atoms with van der Waals surface area (Å²) in [5.41, 5.74) is -2.48. The van der Waals surface area contributed by atoms with Gasteiger partial charge in [-0.1, -0.05) is 13.0 Å². The van der Waals surface area contributed by atoms with Crippen LogP contribution >= 0.6 is 0 Å². The Kier molecular flexibility index (Phi) is 3.74. The molecule has 2 N–H and O–H groups in total. The van der Waals surface area contributed by atoms with Crippen LogP contribution in [0.2, 0.25) is 0 Å². The maximum atomic E-state index is 15.0. The van der Waals surface area contributed by atoms with Gasteiger partial charge < -0.3 is 10.6 Å². The van der Waals surface area contributed by atoms with Crippen LogP contribution in [0.15, 0.2) is 18.2 Å². The zero-order chi connectivity index (χ0) is 14.9. The monoisotopic (exact) mass is 282 g/mol. The summed E-state index contributed by atoms with van der Waals surface area (Å²) in [5, 5.41) is 4.91. The molecule has 0 fully saturated rings. The second kappa shape index (κ2) is 5.19. The molecule has 108 valence electrons. The highest BCUT2D eigenvalue weighted by Crippen LogP contribution is 2.39. The van der Waals surface area contributed by atoms with E-state index in [-0.39, 0.29) is 17.3 Å². The Morgan fingerprint density at radius 3 is 2.90 bits per heavy atom. The molecular weight excluding hydrogens is 266 g/mol. The molecule has 4 nitrogen and oxygen atoms in total. The van der Waals surface area contributed by atoms with Gasteiger partial charge in [0.25, 0.3) is 5.91 Å². The van der Waals surface area contributed by atoms with Crippen molar-refractivity contribution in [3.63, 3.8) is 0 Å². The first-order valence-corrected chi connectivity index (χ1v) is 6.46. The average molecular weight is 282 g/mol. The SMILES string of the molecule is CCC(C)NC(=O)C1(F)CC(=O)Nc2cc(F)ccc21. The topological polar surface area (TPSA) is 58.2 Å². The summed E-state index contributed by atoms with van der Waals surface area (Å²) in [6, 6.07) is 3.07. The van der Waals surface area contributed by atoms with Crippen LogP contribution in [0, 0.1) is 5.82 Å². The van der Waals surface area contributed by atoms with E-state index < -0.39 is 29.7 Å². The standard InChI is InChI=1S/C14H16F2N2O2/c1-3-8(2)17-13(20)14(16)7-12(19)18-11-6-9(15)4-5-10(11)14/h4-6,8H,3,7H2,1-2H3,(H,17,20)(H,18,19). The van der Waals surface area contributed by atoms with Gasteiger partial charge in [0.15, 0.2) is 0 Å². The van der Waals surface area contributed by atoms with E-state index in [2.05, 4.69) is 10.6 Å². The van der Waals surface area contributed by atoms with Crippen molar-refractivity contribution >= 4 is 17.5 Å². The first-order chi connectivity index (χ1) is 9.36. The fraction of sp³-hybridized carbons (Fsp3) is 0.429. The number of carbonyl (C=O) groups excluding carboxylic acids is 2. The van der Waals surface area contributed by atoms with Gasteiger partial charge in [-0.3, -0.25) is 9.59 Å². The summed E-state index contributed by atoms with van der Waals surface area (Å²) in [5.74, 6) is -2.12. The Labute approximate surface area is 115 Å². The van der Waals surface area contributed by atoms with Gasteiger partial charge in [0.2, 0.25) is 11.6 Å². The largest absolute Gasteiger partial charge is 0.351 e. The van der Waals surface area contributed by atoms with Crippen LogP contribution in [0.25, 0.3) is 0 Å².